The molecule has 1 nitrogen and oxygen atoms in total. The molecule has 0 fully saturated rings. The second-order valence-corrected chi connectivity index (χ2v) is 8.97. The number of hydrogen-bond acceptors (Lipinski definition) is 1. The molecular weight excluding hydrogens is 362 g/mol. The van der Waals surface area contributed by atoms with Crippen LogP contribution in [0.25, 0.3) is 0 Å². The predicted molar refractivity (Wildman–Crippen MR) is 134 cm³/mol. The number of hydrogen-bond donors (Lipinski definition) is 1. The lowest BCUT2D eigenvalue weighted by molar-refractivity contribution is 0.598. The van der Waals surface area contributed by atoms with E-state index in [9.17, 15) is 0 Å². The summed E-state index contributed by atoms with van der Waals surface area (Å²) in [5, 5.41) is 0. The first kappa shape index (κ1) is 24.5. The molecule has 2 rings (SSSR count). The fourth-order valence-electron chi connectivity index (χ4n) is 4.51. The maximum Gasteiger partial charge on any atom is 0.0349 e. The van der Waals surface area contributed by atoms with Gasteiger partial charge in [-0.15, -0.1) is 0 Å². The summed E-state index contributed by atoms with van der Waals surface area (Å²) in [6, 6.07) is 15.4. The lowest BCUT2D eigenvalue weighted by Gasteiger charge is -2.18. The molecule has 0 atom stereocenters. The molecule has 2 aromatic rings. The molecule has 0 saturated carbocycles. The van der Waals surface area contributed by atoms with E-state index in [2.05, 4.69) is 56.3 Å². The Kier molecular flexibility index (Phi) is 12.3. The molecule has 0 heterocycles. The fraction of sp³-hybridized carbons (Fsp3) is 0.586. The van der Waals surface area contributed by atoms with Gasteiger partial charge in [0.05, 0.1) is 0 Å². The molecule has 0 amide bonds. The van der Waals surface area contributed by atoms with Gasteiger partial charge in [0.1, 0.15) is 0 Å². The van der Waals surface area contributed by atoms with Crippen molar-refractivity contribution in [3.63, 3.8) is 0 Å². The molecule has 0 radical (unpaired) electrons. The summed E-state index contributed by atoms with van der Waals surface area (Å²) >= 11 is 0. The lowest BCUT2D eigenvalue weighted by atomic mass is 9.88. The number of nitrogens with two attached hydrogens (primary N) is 1. The van der Waals surface area contributed by atoms with Crippen LogP contribution in [0.15, 0.2) is 42.5 Å². The number of rotatable bonds is 16. The van der Waals surface area contributed by atoms with Crippen molar-refractivity contribution in [1.82, 2.24) is 0 Å². The molecule has 30 heavy (non-hydrogen) atoms. The molecule has 0 saturated heterocycles. The summed E-state index contributed by atoms with van der Waals surface area (Å²) in [7, 11) is 0. The first-order valence-electron chi connectivity index (χ1n) is 12.7. The summed E-state index contributed by atoms with van der Waals surface area (Å²) in [5.74, 6) is 0. The van der Waals surface area contributed by atoms with Gasteiger partial charge in [0, 0.05) is 5.69 Å². The van der Waals surface area contributed by atoms with Crippen LogP contribution in [0, 0.1) is 0 Å². The fourth-order valence-corrected chi connectivity index (χ4v) is 4.51. The van der Waals surface area contributed by atoms with Crippen LogP contribution in [0.2, 0.25) is 0 Å². The summed E-state index contributed by atoms with van der Waals surface area (Å²) in [6.45, 7) is 4.57. The van der Waals surface area contributed by atoms with Crippen LogP contribution in [0.3, 0.4) is 0 Å². The average Bonchev–Trinajstić information content (AvgIpc) is 2.76. The zero-order valence-electron chi connectivity index (χ0n) is 19.7. The number of anilines is 1. The van der Waals surface area contributed by atoms with Crippen LogP contribution >= 0.6 is 0 Å². The third-order valence-electron chi connectivity index (χ3n) is 6.36. The van der Waals surface area contributed by atoms with Crippen molar-refractivity contribution in [3.8, 4) is 0 Å². The van der Waals surface area contributed by atoms with E-state index in [4.69, 9.17) is 5.73 Å². The van der Waals surface area contributed by atoms with Gasteiger partial charge in [-0.3, -0.25) is 0 Å². The molecule has 166 valence electrons. The van der Waals surface area contributed by atoms with Crippen molar-refractivity contribution in [2.75, 3.05) is 5.73 Å². The van der Waals surface area contributed by atoms with Crippen LogP contribution < -0.4 is 5.73 Å². The molecule has 2 N–H and O–H groups in total. The molecule has 0 aliphatic rings. The van der Waals surface area contributed by atoms with E-state index in [0.717, 1.165) is 18.5 Å². The van der Waals surface area contributed by atoms with E-state index in [1.54, 1.807) is 5.56 Å². The summed E-state index contributed by atoms with van der Waals surface area (Å²) in [6.07, 6.45) is 19.5. The van der Waals surface area contributed by atoms with Crippen molar-refractivity contribution in [1.29, 1.82) is 0 Å². The van der Waals surface area contributed by atoms with E-state index < -0.39 is 0 Å². The Morgan fingerprint density at radius 3 is 1.70 bits per heavy atom. The van der Waals surface area contributed by atoms with Crippen LogP contribution in [-0.4, -0.2) is 0 Å². The monoisotopic (exact) mass is 407 g/mol. The van der Waals surface area contributed by atoms with Gasteiger partial charge in [0.2, 0.25) is 0 Å². The summed E-state index contributed by atoms with van der Waals surface area (Å²) in [5.41, 5.74) is 13.4. The predicted octanol–water partition coefficient (Wildman–Crippen LogP) is 8.67. The SMILES string of the molecule is CCCCCCCCc1c(N)ccc(Cc2ccccc2)c1CCCCCCCC. The Hall–Kier alpha value is -1.76. The minimum absolute atomic E-state index is 1.02. The first-order chi connectivity index (χ1) is 14.8. The molecule has 0 aromatic heterocycles. The van der Waals surface area contributed by atoms with Gasteiger partial charge in [-0.2, -0.15) is 0 Å². The Labute approximate surface area is 186 Å². The smallest absolute Gasteiger partial charge is 0.0349 e. The Bertz CT molecular complexity index is 689. The number of benzene rings is 2. The highest BCUT2D eigenvalue weighted by Crippen LogP contribution is 2.28. The van der Waals surface area contributed by atoms with Gasteiger partial charge in [-0.1, -0.05) is 114 Å². The van der Waals surface area contributed by atoms with Crippen molar-refractivity contribution < 1.29 is 0 Å². The largest absolute Gasteiger partial charge is 0.398 e. The maximum absolute atomic E-state index is 6.52. The van der Waals surface area contributed by atoms with Gasteiger partial charge in [0.15, 0.2) is 0 Å². The van der Waals surface area contributed by atoms with Crippen LogP contribution in [0.5, 0.6) is 0 Å². The van der Waals surface area contributed by atoms with E-state index >= 15 is 0 Å². The zero-order valence-corrected chi connectivity index (χ0v) is 19.7. The lowest BCUT2D eigenvalue weighted by Crippen LogP contribution is -2.06. The molecule has 0 bridgehead atoms. The standard InChI is InChI=1S/C29H45N/c1-3-5-7-9-11-16-20-27-26(24-25-18-14-13-15-19-25)22-23-29(30)28(27)21-17-12-10-8-6-4-2/h13-15,18-19,22-23H,3-12,16-17,20-21,24,30H2,1-2H3. The zero-order chi connectivity index (χ0) is 21.4. The highest BCUT2D eigenvalue weighted by molar-refractivity contribution is 5.55. The molecule has 0 spiro atoms. The van der Waals surface area contributed by atoms with E-state index in [1.165, 1.54) is 100 Å². The van der Waals surface area contributed by atoms with Crippen molar-refractivity contribution in [2.24, 2.45) is 0 Å². The van der Waals surface area contributed by atoms with Gasteiger partial charge >= 0.3 is 0 Å². The summed E-state index contributed by atoms with van der Waals surface area (Å²) in [4.78, 5) is 0. The van der Waals surface area contributed by atoms with Crippen molar-refractivity contribution >= 4 is 5.69 Å². The van der Waals surface area contributed by atoms with Crippen LogP contribution in [0.4, 0.5) is 5.69 Å². The highest BCUT2D eigenvalue weighted by atomic mass is 14.6. The van der Waals surface area contributed by atoms with Crippen molar-refractivity contribution in [3.05, 3.63) is 64.7 Å². The van der Waals surface area contributed by atoms with Crippen LogP contribution in [-0.2, 0) is 19.3 Å². The van der Waals surface area contributed by atoms with E-state index in [1.807, 2.05) is 0 Å². The van der Waals surface area contributed by atoms with Crippen molar-refractivity contribution in [2.45, 2.75) is 110 Å². The van der Waals surface area contributed by atoms with Gasteiger partial charge < -0.3 is 5.73 Å². The van der Waals surface area contributed by atoms with Gasteiger partial charge in [-0.05, 0) is 60.4 Å². The highest BCUT2D eigenvalue weighted by Gasteiger charge is 2.12. The maximum atomic E-state index is 6.52. The normalized spacial score (nSPS) is 11.1. The Balaban J connectivity index is 2.06. The summed E-state index contributed by atoms with van der Waals surface area (Å²) < 4.78 is 0. The minimum atomic E-state index is 1.02. The Morgan fingerprint density at radius 2 is 1.10 bits per heavy atom. The first-order valence-corrected chi connectivity index (χ1v) is 12.7. The average molecular weight is 408 g/mol. The van der Waals surface area contributed by atoms with E-state index in [-0.39, 0.29) is 0 Å². The van der Waals surface area contributed by atoms with Gasteiger partial charge in [0.25, 0.3) is 0 Å². The molecule has 2 aromatic carbocycles. The second kappa shape index (κ2) is 15.1. The molecular formula is C29H45N. The molecule has 0 aliphatic heterocycles. The Morgan fingerprint density at radius 1 is 0.567 bits per heavy atom. The minimum Gasteiger partial charge on any atom is -0.398 e. The quantitative estimate of drug-likeness (QED) is 0.218. The topological polar surface area (TPSA) is 26.0 Å². The molecule has 0 unspecified atom stereocenters. The third-order valence-corrected chi connectivity index (χ3v) is 6.36. The molecule has 0 aliphatic carbocycles. The third kappa shape index (κ3) is 8.94. The second-order valence-electron chi connectivity index (χ2n) is 8.97. The van der Waals surface area contributed by atoms with Gasteiger partial charge in [-0.25, -0.2) is 0 Å². The molecule has 1 heteroatoms. The number of nitrogen functional groups attached to an aromatic ring is 1. The number of unbranched alkanes of at least 4 members (excludes halogenated alkanes) is 10. The van der Waals surface area contributed by atoms with Crippen LogP contribution in [0.1, 0.15) is 113 Å². The van der Waals surface area contributed by atoms with E-state index in [0.29, 0.717) is 0 Å².